The molecule has 9 rings (SSSR count). The van der Waals surface area contributed by atoms with E-state index in [0.717, 1.165) is 78.6 Å². The SMILES string of the molecule is C1=C2N=C3CC(=NC4=NC(=Nc5[nH]c(c6ccccc56)N=C1c1ccccc12)c1ccccc14)c1ccccc13. The number of amidine groups is 2. The van der Waals surface area contributed by atoms with E-state index >= 15 is 0 Å². The number of nitrogens with zero attached hydrogens (tertiary/aromatic N) is 5. The molecule has 3 heterocycles. The average molecular weight is 513 g/mol. The maximum Gasteiger partial charge on any atom is 0.164 e. The molecule has 2 aliphatic carbocycles. The van der Waals surface area contributed by atoms with Gasteiger partial charge in [-0.1, -0.05) is 97.1 Å². The second kappa shape index (κ2) is 8.01. The van der Waals surface area contributed by atoms with Gasteiger partial charge in [-0.15, -0.1) is 0 Å². The van der Waals surface area contributed by atoms with Crippen molar-refractivity contribution >= 4 is 56.9 Å². The zero-order valence-corrected chi connectivity index (χ0v) is 21.3. The molecule has 1 N–H and O–H groups in total. The third-order valence-corrected chi connectivity index (χ3v) is 7.88. The second-order valence-corrected chi connectivity index (χ2v) is 10.2. The monoisotopic (exact) mass is 512 g/mol. The number of rotatable bonds is 0. The van der Waals surface area contributed by atoms with Crippen molar-refractivity contribution in [3.63, 3.8) is 0 Å². The minimum absolute atomic E-state index is 0.626. The minimum Gasteiger partial charge on any atom is -0.324 e. The molecular weight excluding hydrogens is 492 g/mol. The summed E-state index contributed by atoms with van der Waals surface area (Å²) in [7, 11) is 0. The summed E-state index contributed by atoms with van der Waals surface area (Å²) < 4.78 is 0. The molecule has 0 amide bonds. The van der Waals surface area contributed by atoms with Gasteiger partial charge in [0, 0.05) is 50.6 Å². The van der Waals surface area contributed by atoms with Gasteiger partial charge in [-0.05, 0) is 6.08 Å². The zero-order valence-electron chi connectivity index (χ0n) is 21.3. The molecule has 0 fully saturated rings. The van der Waals surface area contributed by atoms with Gasteiger partial charge >= 0.3 is 0 Å². The standard InChI is InChI=1S/C34H20N6/c1-3-11-21-19(9-1)27-17-29(21)36-31-23-13-5-7-15-25(23)33(38-31)40-34-26-16-8-6-14-24(26)32(39-34)37-30-18-28(35-27)20-10-2-4-12-22(20)30/h1-17H,18H2,(H,36,37,38,39,40). The Hall–Kier alpha value is -5.49. The minimum atomic E-state index is 0.626. The van der Waals surface area contributed by atoms with E-state index in [4.69, 9.17) is 25.0 Å². The van der Waals surface area contributed by atoms with E-state index in [1.165, 1.54) is 0 Å². The van der Waals surface area contributed by atoms with Crippen LogP contribution in [0.1, 0.15) is 39.8 Å². The molecule has 0 radical (unpaired) electrons. The van der Waals surface area contributed by atoms with E-state index in [9.17, 15) is 0 Å². The quantitative estimate of drug-likeness (QED) is 0.228. The fourth-order valence-corrected chi connectivity index (χ4v) is 6.02. The van der Waals surface area contributed by atoms with Gasteiger partial charge in [0.2, 0.25) is 0 Å². The summed E-state index contributed by atoms with van der Waals surface area (Å²) >= 11 is 0. The fourth-order valence-electron chi connectivity index (χ4n) is 6.02. The second-order valence-electron chi connectivity index (χ2n) is 10.2. The normalized spacial score (nSPS) is 16.3. The molecule has 6 heteroatoms. The van der Waals surface area contributed by atoms with Crippen molar-refractivity contribution in [2.24, 2.45) is 25.0 Å². The van der Waals surface area contributed by atoms with Crippen molar-refractivity contribution in [2.45, 2.75) is 6.42 Å². The van der Waals surface area contributed by atoms with Gasteiger partial charge in [0.05, 0.1) is 22.8 Å². The number of fused-ring (bicyclic) bond motifs is 18. The molecule has 0 spiro atoms. The lowest BCUT2D eigenvalue weighted by Crippen LogP contribution is -2.03. The van der Waals surface area contributed by atoms with Crippen LogP contribution in [-0.4, -0.2) is 33.8 Å². The predicted octanol–water partition coefficient (Wildman–Crippen LogP) is 7.18. The molecule has 40 heavy (non-hydrogen) atoms. The lowest BCUT2D eigenvalue weighted by molar-refractivity contribution is 1.30. The van der Waals surface area contributed by atoms with Crippen LogP contribution in [0.5, 0.6) is 0 Å². The van der Waals surface area contributed by atoms with Gasteiger partial charge in [-0.25, -0.2) is 20.0 Å². The zero-order chi connectivity index (χ0) is 26.2. The van der Waals surface area contributed by atoms with E-state index in [-0.39, 0.29) is 0 Å². The van der Waals surface area contributed by atoms with Crippen LogP contribution in [0, 0.1) is 0 Å². The average Bonchev–Trinajstić information content (AvgIpc) is 3.73. The van der Waals surface area contributed by atoms with Crippen LogP contribution >= 0.6 is 0 Å². The van der Waals surface area contributed by atoms with Crippen molar-refractivity contribution in [1.82, 2.24) is 4.98 Å². The Morgan fingerprint density at radius 2 is 0.975 bits per heavy atom. The number of hydrogen-bond donors (Lipinski definition) is 1. The number of aliphatic imine (C=N–C) groups is 5. The molecule has 6 nitrogen and oxygen atoms in total. The number of nitrogens with one attached hydrogen (secondary N) is 1. The van der Waals surface area contributed by atoms with Crippen molar-refractivity contribution in [3.8, 4) is 0 Å². The van der Waals surface area contributed by atoms with Crippen molar-refractivity contribution in [1.29, 1.82) is 0 Å². The Morgan fingerprint density at radius 1 is 0.450 bits per heavy atom. The lowest BCUT2D eigenvalue weighted by atomic mass is 10.1. The first-order valence-corrected chi connectivity index (χ1v) is 13.3. The predicted molar refractivity (Wildman–Crippen MR) is 162 cm³/mol. The van der Waals surface area contributed by atoms with Gasteiger partial charge < -0.3 is 4.98 Å². The van der Waals surface area contributed by atoms with Crippen molar-refractivity contribution in [2.75, 3.05) is 0 Å². The van der Waals surface area contributed by atoms with Crippen LogP contribution in [0.3, 0.4) is 0 Å². The highest BCUT2D eigenvalue weighted by Crippen LogP contribution is 2.38. The number of aromatic nitrogens is 1. The molecular formula is C34H20N6. The van der Waals surface area contributed by atoms with Gasteiger partial charge in [-0.3, -0.25) is 4.99 Å². The summed E-state index contributed by atoms with van der Waals surface area (Å²) in [5.41, 5.74) is 10.0. The Kier molecular flexibility index (Phi) is 4.29. The topological polar surface area (TPSA) is 77.6 Å². The maximum atomic E-state index is 5.24. The van der Waals surface area contributed by atoms with Gasteiger partial charge in [-0.2, -0.15) is 0 Å². The lowest BCUT2D eigenvalue weighted by Gasteiger charge is -2.03. The molecule has 4 aromatic carbocycles. The summed E-state index contributed by atoms with van der Waals surface area (Å²) in [5.74, 6) is 2.81. The summed E-state index contributed by atoms with van der Waals surface area (Å²) in [6.45, 7) is 0. The van der Waals surface area contributed by atoms with Crippen LogP contribution in [0.25, 0.3) is 16.5 Å². The smallest absolute Gasteiger partial charge is 0.164 e. The highest BCUT2D eigenvalue weighted by Gasteiger charge is 2.29. The third-order valence-electron chi connectivity index (χ3n) is 7.88. The molecule has 0 saturated heterocycles. The molecule has 8 bridgehead atoms. The van der Waals surface area contributed by atoms with Crippen LogP contribution in [0.15, 0.2) is 128 Å². The first-order chi connectivity index (χ1) is 19.8. The summed E-state index contributed by atoms with van der Waals surface area (Å²) in [6.07, 6.45) is 2.72. The summed E-state index contributed by atoms with van der Waals surface area (Å²) in [4.78, 5) is 29.0. The number of benzene rings is 4. The molecule has 2 aliphatic heterocycles. The van der Waals surface area contributed by atoms with Crippen LogP contribution in [-0.2, 0) is 0 Å². The molecule has 0 unspecified atom stereocenters. The van der Waals surface area contributed by atoms with Crippen LogP contribution in [0.4, 0.5) is 11.6 Å². The van der Waals surface area contributed by atoms with E-state index < -0.39 is 0 Å². The molecule has 186 valence electrons. The van der Waals surface area contributed by atoms with Crippen LogP contribution in [0.2, 0.25) is 0 Å². The number of allylic oxidation sites excluding steroid dienone is 1. The highest BCUT2D eigenvalue weighted by molar-refractivity contribution is 6.33. The van der Waals surface area contributed by atoms with Gasteiger partial charge in [0.1, 0.15) is 11.6 Å². The number of H-pyrrole nitrogens is 1. The first-order valence-electron chi connectivity index (χ1n) is 13.3. The van der Waals surface area contributed by atoms with E-state index in [0.29, 0.717) is 18.1 Å². The van der Waals surface area contributed by atoms with E-state index in [1.54, 1.807) is 0 Å². The third kappa shape index (κ3) is 3.07. The summed E-state index contributed by atoms with van der Waals surface area (Å²) in [5, 5.41) is 2.00. The highest BCUT2D eigenvalue weighted by atomic mass is 15.1. The maximum absolute atomic E-state index is 5.24. The largest absolute Gasteiger partial charge is 0.324 e. The molecule has 1 aromatic heterocycles. The number of hydrogen-bond acceptors (Lipinski definition) is 5. The Morgan fingerprint density at radius 3 is 1.68 bits per heavy atom. The first kappa shape index (κ1) is 21.4. The number of aromatic amines is 1. The van der Waals surface area contributed by atoms with Gasteiger partial charge in [0.25, 0.3) is 0 Å². The Bertz CT molecular complexity index is 1980. The van der Waals surface area contributed by atoms with E-state index in [1.807, 2.05) is 30.3 Å². The molecule has 4 aliphatic rings. The summed E-state index contributed by atoms with van der Waals surface area (Å²) in [6, 6.07) is 33.1. The Labute approximate surface area is 229 Å². The van der Waals surface area contributed by atoms with Crippen LogP contribution < -0.4 is 0 Å². The Balaban J connectivity index is 1.38. The molecule has 0 atom stereocenters. The molecule has 5 aromatic rings. The van der Waals surface area contributed by atoms with Crippen molar-refractivity contribution in [3.05, 3.63) is 137 Å². The van der Waals surface area contributed by atoms with Crippen molar-refractivity contribution < 1.29 is 0 Å². The molecule has 0 saturated carbocycles. The van der Waals surface area contributed by atoms with Gasteiger partial charge in [0.15, 0.2) is 11.7 Å². The van der Waals surface area contributed by atoms with E-state index in [2.05, 4.69) is 77.8 Å². The fraction of sp³-hybridized carbons (Fsp3) is 0.0294.